The van der Waals surface area contributed by atoms with Crippen molar-refractivity contribution in [2.24, 2.45) is 0 Å². The summed E-state index contributed by atoms with van der Waals surface area (Å²) in [4.78, 5) is 34.4. The molecule has 1 aliphatic heterocycles. The number of carbonyl (C=O) groups excluding carboxylic acids is 2. The second-order valence-electron chi connectivity index (χ2n) is 5.39. The van der Waals surface area contributed by atoms with Gasteiger partial charge in [0.2, 0.25) is 11.7 Å². The van der Waals surface area contributed by atoms with Crippen LogP contribution in [0.2, 0.25) is 0 Å². The van der Waals surface area contributed by atoms with Crippen molar-refractivity contribution >= 4 is 11.8 Å². The topological polar surface area (TPSA) is 89.2 Å². The third kappa shape index (κ3) is 2.10. The van der Waals surface area contributed by atoms with Gasteiger partial charge in [0.15, 0.2) is 0 Å². The largest absolute Gasteiger partial charge is 0.337 e. The van der Waals surface area contributed by atoms with Gasteiger partial charge in [-0.15, -0.1) is 0 Å². The van der Waals surface area contributed by atoms with E-state index in [9.17, 15) is 9.59 Å². The van der Waals surface area contributed by atoms with Crippen molar-refractivity contribution in [3.05, 3.63) is 65.8 Å². The molecule has 3 heterocycles. The fourth-order valence-corrected chi connectivity index (χ4v) is 2.69. The Balaban J connectivity index is 1.66. The third-order valence-corrected chi connectivity index (χ3v) is 3.95. The van der Waals surface area contributed by atoms with Crippen LogP contribution in [-0.2, 0) is 0 Å². The third-order valence-electron chi connectivity index (χ3n) is 3.95. The van der Waals surface area contributed by atoms with Gasteiger partial charge in [-0.3, -0.25) is 19.5 Å². The number of imide groups is 1. The molecule has 0 spiro atoms. The molecule has 0 N–H and O–H groups in total. The maximum atomic E-state index is 12.5. The molecule has 0 saturated heterocycles. The van der Waals surface area contributed by atoms with Gasteiger partial charge in [0, 0.05) is 18.0 Å². The first-order valence-electron chi connectivity index (χ1n) is 7.37. The average molecular weight is 320 g/mol. The van der Waals surface area contributed by atoms with Gasteiger partial charge in [0.05, 0.1) is 11.1 Å². The predicted octanol–water partition coefficient (Wildman–Crippen LogP) is 2.49. The molecular formula is C17H12N4O3. The summed E-state index contributed by atoms with van der Waals surface area (Å²) in [6, 6.07) is 9.58. The molecule has 1 aliphatic rings. The van der Waals surface area contributed by atoms with E-state index >= 15 is 0 Å². The van der Waals surface area contributed by atoms with E-state index in [1.165, 1.54) is 0 Å². The van der Waals surface area contributed by atoms with E-state index in [4.69, 9.17) is 4.52 Å². The molecule has 24 heavy (non-hydrogen) atoms. The molecule has 0 radical (unpaired) electrons. The van der Waals surface area contributed by atoms with Crippen molar-refractivity contribution in [2.45, 2.75) is 13.0 Å². The van der Waals surface area contributed by atoms with E-state index in [2.05, 4.69) is 15.1 Å². The maximum absolute atomic E-state index is 12.5. The number of rotatable bonds is 3. The van der Waals surface area contributed by atoms with E-state index in [-0.39, 0.29) is 17.7 Å². The number of hydrogen-bond acceptors (Lipinski definition) is 6. The number of hydrogen-bond donors (Lipinski definition) is 0. The minimum atomic E-state index is -0.652. The van der Waals surface area contributed by atoms with Crippen LogP contribution < -0.4 is 0 Å². The van der Waals surface area contributed by atoms with Crippen LogP contribution >= 0.6 is 0 Å². The number of benzene rings is 1. The van der Waals surface area contributed by atoms with E-state index in [0.29, 0.717) is 17.0 Å². The van der Waals surface area contributed by atoms with Crippen molar-refractivity contribution in [1.82, 2.24) is 20.0 Å². The Kier molecular flexibility index (Phi) is 3.19. The molecule has 4 rings (SSSR count). The van der Waals surface area contributed by atoms with Crippen molar-refractivity contribution in [3.8, 4) is 11.4 Å². The lowest BCUT2D eigenvalue weighted by Crippen LogP contribution is -2.32. The standard InChI is InChI=1S/C17H12N4O3/c1-10(15-19-14(20-24-15)11-6-8-18-9-7-11)21-16(22)12-4-2-3-5-13(12)17(21)23/h2-10H,1H3. The molecule has 0 saturated carbocycles. The van der Waals surface area contributed by atoms with Crippen molar-refractivity contribution in [3.63, 3.8) is 0 Å². The molecule has 7 nitrogen and oxygen atoms in total. The molecule has 0 fully saturated rings. The van der Waals surface area contributed by atoms with Crippen LogP contribution in [0.1, 0.15) is 39.6 Å². The smallest absolute Gasteiger partial charge is 0.262 e. The zero-order valence-electron chi connectivity index (χ0n) is 12.7. The number of aromatic nitrogens is 3. The molecule has 0 bridgehead atoms. The van der Waals surface area contributed by atoms with E-state index < -0.39 is 6.04 Å². The first-order chi connectivity index (χ1) is 11.7. The molecule has 3 aromatic rings. The van der Waals surface area contributed by atoms with Gasteiger partial charge in [-0.25, -0.2) is 0 Å². The van der Waals surface area contributed by atoms with E-state index in [1.807, 2.05) is 0 Å². The fourth-order valence-electron chi connectivity index (χ4n) is 2.69. The van der Waals surface area contributed by atoms with Gasteiger partial charge in [-0.05, 0) is 31.2 Å². The van der Waals surface area contributed by atoms with Crippen LogP contribution in [0.3, 0.4) is 0 Å². The van der Waals surface area contributed by atoms with Crippen LogP contribution in [0.5, 0.6) is 0 Å². The van der Waals surface area contributed by atoms with Crippen LogP contribution in [-0.4, -0.2) is 31.8 Å². The van der Waals surface area contributed by atoms with Crippen molar-refractivity contribution in [1.29, 1.82) is 0 Å². The zero-order valence-corrected chi connectivity index (χ0v) is 12.7. The second-order valence-corrected chi connectivity index (χ2v) is 5.39. The summed E-state index contributed by atoms with van der Waals surface area (Å²) in [5, 5.41) is 3.91. The number of nitrogens with zero attached hydrogens (tertiary/aromatic N) is 4. The first kappa shape index (κ1) is 14.3. The molecule has 2 amide bonds. The normalized spacial score (nSPS) is 14.8. The van der Waals surface area contributed by atoms with Gasteiger partial charge >= 0.3 is 0 Å². The van der Waals surface area contributed by atoms with Gasteiger partial charge < -0.3 is 4.52 Å². The van der Waals surface area contributed by atoms with Crippen LogP contribution in [0.15, 0.2) is 53.3 Å². The molecule has 2 aromatic heterocycles. The molecule has 1 atom stereocenters. The average Bonchev–Trinajstić information content (AvgIpc) is 3.20. The van der Waals surface area contributed by atoms with Gasteiger partial charge in [0.25, 0.3) is 11.8 Å². The second kappa shape index (κ2) is 5.38. The Hall–Kier alpha value is -3.35. The molecule has 7 heteroatoms. The van der Waals surface area contributed by atoms with E-state index in [1.54, 1.807) is 55.7 Å². The van der Waals surface area contributed by atoms with E-state index in [0.717, 1.165) is 10.5 Å². The highest BCUT2D eigenvalue weighted by molar-refractivity contribution is 6.21. The monoisotopic (exact) mass is 320 g/mol. The number of fused-ring (bicyclic) bond motifs is 1. The minimum Gasteiger partial charge on any atom is -0.337 e. The maximum Gasteiger partial charge on any atom is 0.262 e. The Morgan fingerprint density at radius 2 is 1.62 bits per heavy atom. The summed E-state index contributed by atoms with van der Waals surface area (Å²) < 4.78 is 5.26. The minimum absolute atomic E-state index is 0.205. The number of amides is 2. The highest BCUT2D eigenvalue weighted by Gasteiger charge is 2.40. The summed E-state index contributed by atoms with van der Waals surface area (Å²) in [6.07, 6.45) is 3.25. The van der Waals surface area contributed by atoms with Crippen LogP contribution in [0.25, 0.3) is 11.4 Å². The summed E-state index contributed by atoms with van der Waals surface area (Å²) >= 11 is 0. The van der Waals surface area contributed by atoms with Gasteiger partial charge in [0.1, 0.15) is 6.04 Å². The number of carbonyl (C=O) groups is 2. The quantitative estimate of drug-likeness (QED) is 0.689. The Bertz CT molecular complexity index is 901. The Morgan fingerprint density at radius 1 is 1.00 bits per heavy atom. The predicted molar refractivity (Wildman–Crippen MR) is 82.9 cm³/mol. The SMILES string of the molecule is CC(c1nc(-c2ccncc2)no1)N1C(=O)c2ccccc2C1=O. The van der Waals surface area contributed by atoms with Gasteiger partial charge in [-0.1, -0.05) is 17.3 Å². The first-order valence-corrected chi connectivity index (χ1v) is 7.37. The molecule has 1 aromatic carbocycles. The zero-order chi connectivity index (χ0) is 16.7. The summed E-state index contributed by atoms with van der Waals surface area (Å²) in [5.41, 5.74) is 1.53. The van der Waals surface area contributed by atoms with Crippen LogP contribution in [0, 0.1) is 0 Å². The highest BCUT2D eigenvalue weighted by atomic mass is 16.5. The lowest BCUT2D eigenvalue weighted by Gasteiger charge is -2.18. The Morgan fingerprint density at radius 3 is 2.25 bits per heavy atom. The summed E-state index contributed by atoms with van der Waals surface area (Å²) in [6.45, 7) is 1.69. The fraction of sp³-hybridized carbons (Fsp3) is 0.118. The molecular weight excluding hydrogens is 308 g/mol. The summed E-state index contributed by atoms with van der Waals surface area (Å²) in [7, 11) is 0. The number of pyridine rings is 1. The van der Waals surface area contributed by atoms with Crippen molar-refractivity contribution in [2.75, 3.05) is 0 Å². The summed E-state index contributed by atoms with van der Waals surface area (Å²) in [5.74, 6) is -0.120. The Labute approximate surface area is 136 Å². The highest BCUT2D eigenvalue weighted by Crippen LogP contribution is 2.31. The van der Waals surface area contributed by atoms with Crippen LogP contribution in [0.4, 0.5) is 0 Å². The lowest BCUT2D eigenvalue weighted by molar-refractivity contribution is 0.0568. The van der Waals surface area contributed by atoms with Crippen molar-refractivity contribution < 1.29 is 14.1 Å². The molecule has 0 aliphatic carbocycles. The molecule has 118 valence electrons. The lowest BCUT2D eigenvalue weighted by atomic mass is 10.1. The van der Waals surface area contributed by atoms with Gasteiger partial charge in [-0.2, -0.15) is 4.98 Å². The molecule has 1 unspecified atom stereocenters.